The zero-order valence-corrected chi connectivity index (χ0v) is 15.1. The zero-order valence-electron chi connectivity index (χ0n) is 15.1. The van der Waals surface area contributed by atoms with Crippen molar-refractivity contribution in [3.63, 3.8) is 0 Å². The number of hydrogen-bond acceptors (Lipinski definition) is 5. The molecule has 0 saturated carbocycles. The van der Waals surface area contributed by atoms with E-state index in [0.717, 1.165) is 41.8 Å². The lowest BCUT2D eigenvalue weighted by Crippen LogP contribution is -2.29. The summed E-state index contributed by atoms with van der Waals surface area (Å²) >= 11 is 0. The van der Waals surface area contributed by atoms with Crippen molar-refractivity contribution in [2.45, 2.75) is 45.7 Å². The van der Waals surface area contributed by atoms with Gasteiger partial charge < -0.3 is 13.9 Å². The average Bonchev–Trinajstić information content (AvgIpc) is 2.95. The van der Waals surface area contributed by atoms with Gasteiger partial charge in [-0.2, -0.15) is 0 Å². The van der Waals surface area contributed by atoms with E-state index in [9.17, 15) is 0 Å². The molecule has 0 bridgehead atoms. The molecule has 5 nitrogen and oxygen atoms in total. The summed E-state index contributed by atoms with van der Waals surface area (Å²) in [6.07, 6.45) is 1.85. The van der Waals surface area contributed by atoms with Gasteiger partial charge in [0, 0.05) is 30.1 Å². The summed E-state index contributed by atoms with van der Waals surface area (Å²) in [7, 11) is 1.67. The van der Waals surface area contributed by atoms with Gasteiger partial charge in [-0.3, -0.25) is 4.90 Å². The average molecular weight is 330 g/mol. The van der Waals surface area contributed by atoms with Crippen LogP contribution in [-0.2, 0) is 12.0 Å². The smallest absolute Gasteiger partial charge is 0.211 e. The Morgan fingerprint density at radius 3 is 2.75 bits per heavy atom. The predicted molar refractivity (Wildman–Crippen MR) is 92.5 cm³/mol. The number of benzene rings is 1. The first-order valence-corrected chi connectivity index (χ1v) is 8.38. The Morgan fingerprint density at radius 2 is 2.08 bits per heavy atom. The Morgan fingerprint density at radius 1 is 1.29 bits per heavy atom. The van der Waals surface area contributed by atoms with Gasteiger partial charge in [0.1, 0.15) is 23.9 Å². The third-order valence-corrected chi connectivity index (χ3v) is 4.45. The molecule has 1 aliphatic rings. The lowest BCUT2D eigenvalue weighted by atomic mass is 9.94. The SMILES string of the molecule is COc1ccc2c(c1)OCCN(C(C)c1ncc(C(C)(C)C)o1)C2. The van der Waals surface area contributed by atoms with Gasteiger partial charge in [-0.15, -0.1) is 0 Å². The molecule has 3 rings (SSSR count). The molecular formula is C19H26N2O3. The van der Waals surface area contributed by atoms with Crippen LogP contribution in [0.4, 0.5) is 0 Å². The van der Waals surface area contributed by atoms with E-state index in [0.29, 0.717) is 6.61 Å². The van der Waals surface area contributed by atoms with Crippen LogP contribution >= 0.6 is 0 Å². The maximum absolute atomic E-state index is 6.01. The number of aromatic nitrogens is 1. The third kappa shape index (κ3) is 3.41. The number of hydrogen-bond donors (Lipinski definition) is 0. The standard InChI is InChI=1S/C19H26N2O3/c1-13(18-20-11-17(24-18)19(2,3)4)21-8-9-23-16-10-15(22-5)7-6-14(16)12-21/h6-7,10-11,13H,8-9,12H2,1-5H3. The van der Waals surface area contributed by atoms with Crippen molar-refractivity contribution in [3.05, 3.63) is 41.6 Å². The van der Waals surface area contributed by atoms with Crippen molar-refractivity contribution < 1.29 is 13.9 Å². The largest absolute Gasteiger partial charge is 0.497 e. The lowest BCUT2D eigenvalue weighted by molar-refractivity contribution is 0.155. The Labute approximate surface area is 143 Å². The molecule has 0 aliphatic carbocycles. The van der Waals surface area contributed by atoms with Crippen LogP contribution in [0.2, 0.25) is 0 Å². The Bertz CT molecular complexity index is 703. The highest BCUT2D eigenvalue weighted by atomic mass is 16.5. The quantitative estimate of drug-likeness (QED) is 0.853. The van der Waals surface area contributed by atoms with E-state index in [2.05, 4.69) is 43.6 Å². The molecule has 5 heteroatoms. The summed E-state index contributed by atoms with van der Waals surface area (Å²) in [4.78, 5) is 6.83. The minimum Gasteiger partial charge on any atom is -0.497 e. The van der Waals surface area contributed by atoms with Crippen molar-refractivity contribution in [3.8, 4) is 11.5 Å². The second-order valence-electron chi connectivity index (χ2n) is 7.28. The number of fused-ring (bicyclic) bond motifs is 1. The van der Waals surface area contributed by atoms with Gasteiger partial charge in [0.15, 0.2) is 0 Å². The molecule has 1 atom stereocenters. The Kier molecular flexibility index (Phi) is 4.54. The van der Waals surface area contributed by atoms with Gasteiger partial charge in [-0.25, -0.2) is 4.98 Å². The fourth-order valence-corrected chi connectivity index (χ4v) is 2.81. The molecule has 130 valence electrons. The van der Waals surface area contributed by atoms with E-state index in [-0.39, 0.29) is 11.5 Å². The van der Waals surface area contributed by atoms with Crippen LogP contribution in [0, 0.1) is 0 Å². The number of ether oxygens (including phenoxy) is 2. The topological polar surface area (TPSA) is 47.7 Å². The molecule has 24 heavy (non-hydrogen) atoms. The summed E-state index contributed by atoms with van der Waals surface area (Å²) in [6.45, 7) is 10.8. The molecule has 0 radical (unpaired) electrons. The van der Waals surface area contributed by atoms with E-state index in [1.54, 1.807) is 7.11 Å². The number of oxazole rings is 1. The number of nitrogens with zero attached hydrogens (tertiary/aromatic N) is 2. The molecule has 0 fully saturated rings. The van der Waals surface area contributed by atoms with E-state index in [1.165, 1.54) is 0 Å². The van der Waals surface area contributed by atoms with E-state index >= 15 is 0 Å². The molecule has 1 aromatic carbocycles. The molecule has 1 aromatic heterocycles. The molecule has 1 aliphatic heterocycles. The fraction of sp³-hybridized carbons (Fsp3) is 0.526. The van der Waals surface area contributed by atoms with Crippen molar-refractivity contribution >= 4 is 0 Å². The highest BCUT2D eigenvalue weighted by Gasteiger charge is 2.26. The Balaban J connectivity index is 1.80. The summed E-state index contributed by atoms with van der Waals surface area (Å²) in [5.74, 6) is 3.39. The van der Waals surface area contributed by atoms with E-state index < -0.39 is 0 Å². The molecule has 2 aromatic rings. The maximum Gasteiger partial charge on any atom is 0.211 e. The van der Waals surface area contributed by atoms with E-state index in [4.69, 9.17) is 13.9 Å². The third-order valence-electron chi connectivity index (χ3n) is 4.45. The summed E-state index contributed by atoms with van der Waals surface area (Å²) in [5.41, 5.74) is 1.12. The number of rotatable bonds is 3. The summed E-state index contributed by atoms with van der Waals surface area (Å²) in [5, 5.41) is 0. The van der Waals surface area contributed by atoms with Crippen LogP contribution in [-0.4, -0.2) is 30.1 Å². The van der Waals surface area contributed by atoms with Crippen LogP contribution in [0.15, 0.2) is 28.8 Å². The predicted octanol–water partition coefficient (Wildman–Crippen LogP) is 3.94. The van der Waals surface area contributed by atoms with Crippen LogP contribution < -0.4 is 9.47 Å². The van der Waals surface area contributed by atoms with Crippen LogP contribution in [0.3, 0.4) is 0 Å². The highest BCUT2D eigenvalue weighted by Crippen LogP contribution is 2.32. The minimum absolute atomic E-state index is 0.0317. The second-order valence-corrected chi connectivity index (χ2v) is 7.28. The van der Waals surface area contributed by atoms with Crippen molar-refractivity contribution in [2.75, 3.05) is 20.3 Å². The van der Waals surface area contributed by atoms with Crippen molar-refractivity contribution in [1.82, 2.24) is 9.88 Å². The first-order valence-electron chi connectivity index (χ1n) is 8.38. The minimum atomic E-state index is -0.0317. The van der Waals surface area contributed by atoms with Crippen LogP contribution in [0.1, 0.15) is 51.0 Å². The second kappa shape index (κ2) is 6.48. The zero-order chi connectivity index (χ0) is 17.3. The molecule has 0 N–H and O–H groups in total. The van der Waals surface area contributed by atoms with E-state index in [1.807, 2.05) is 18.3 Å². The molecule has 0 saturated heterocycles. The fourth-order valence-electron chi connectivity index (χ4n) is 2.81. The van der Waals surface area contributed by atoms with Crippen LogP contribution in [0.5, 0.6) is 11.5 Å². The molecule has 1 unspecified atom stereocenters. The normalized spacial score (nSPS) is 16.9. The molecule has 0 amide bonds. The monoisotopic (exact) mass is 330 g/mol. The van der Waals surface area contributed by atoms with Crippen molar-refractivity contribution in [1.29, 1.82) is 0 Å². The first kappa shape index (κ1) is 16.8. The first-order chi connectivity index (χ1) is 11.4. The van der Waals surface area contributed by atoms with Gasteiger partial charge in [0.05, 0.1) is 19.3 Å². The number of methoxy groups -OCH3 is 1. The summed E-state index contributed by atoms with van der Waals surface area (Å²) < 4.78 is 17.2. The molecular weight excluding hydrogens is 304 g/mol. The molecule has 2 heterocycles. The Hall–Kier alpha value is -2.01. The summed E-state index contributed by atoms with van der Waals surface area (Å²) in [6, 6.07) is 6.08. The lowest BCUT2D eigenvalue weighted by Gasteiger charge is -2.24. The van der Waals surface area contributed by atoms with Gasteiger partial charge in [-0.1, -0.05) is 26.8 Å². The maximum atomic E-state index is 6.01. The highest BCUT2D eigenvalue weighted by molar-refractivity contribution is 5.41. The van der Waals surface area contributed by atoms with Gasteiger partial charge in [0.2, 0.25) is 5.89 Å². The van der Waals surface area contributed by atoms with Gasteiger partial charge in [-0.05, 0) is 13.0 Å². The van der Waals surface area contributed by atoms with Crippen molar-refractivity contribution in [2.24, 2.45) is 0 Å². The van der Waals surface area contributed by atoms with Crippen LogP contribution in [0.25, 0.3) is 0 Å². The van der Waals surface area contributed by atoms with Gasteiger partial charge >= 0.3 is 0 Å². The van der Waals surface area contributed by atoms with Gasteiger partial charge in [0.25, 0.3) is 0 Å². The molecule has 0 spiro atoms.